The van der Waals surface area contributed by atoms with Gasteiger partial charge in [-0.15, -0.1) is 0 Å². The Hall–Kier alpha value is -1.69. The van der Waals surface area contributed by atoms with Crippen LogP contribution in [0.4, 0.5) is 8.78 Å². The molecular formula is C13H17F2NO3. The van der Waals surface area contributed by atoms with Gasteiger partial charge in [-0.3, -0.25) is 4.79 Å². The van der Waals surface area contributed by atoms with Gasteiger partial charge in [-0.1, -0.05) is 12.1 Å². The highest BCUT2D eigenvalue weighted by atomic mass is 19.3. The van der Waals surface area contributed by atoms with E-state index in [1.54, 1.807) is 19.9 Å². The first-order chi connectivity index (χ1) is 8.79. The van der Waals surface area contributed by atoms with E-state index in [4.69, 9.17) is 0 Å². The molecule has 0 fully saturated rings. The summed E-state index contributed by atoms with van der Waals surface area (Å²) in [4.78, 5) is 13.5. The lowest BCUT2D eigenvalue weighted by atomic mass is 10.0. The molecule has 0 saturated heterocycles. The van der Waals surface area contributed by atoms with Gasteiger partial charge in [0.05, 0.1) is 17.7 Å². The Balaban J connectivity index is 3.06. The standard InChI is InChI=1S/C13H17F2NO3/c1-13(2,8-17)16(3)11(18)9-6-4-5-7-10(9)19-12(14)15/h4-7,12,17H,8H2,1-3H3. The predicted octanol–water partition coefficient (Wildman–Crippen LogP) is 2.13. The summed E-state index contributed by atoms with van der Waals surface area (Å²) in [5.41, 5.74) is -0.763. The van der Waals surface area contributed by atoms with Crippen LogP contribution in [-0.2, 0) is 0 Å². The first-order valence-corrected chi connectivity index (χ1v) is 5.72. The van der Waals surface area contributed by atoms with Gasteiger partial charge >= 0.3 is 6.61 Å². The number of carbonyl (C=O) groups excluding carboxylic acids is 1. The fourth-order valence-corrected chi connectivity index (χ4v) is 1.40. The maximum absolute atomic E-state index is 12.3. The van der Waals surface area contributed by atoms with Crippen molar-refractivity contribution in [1.29, 1.82) is 0 Å². The maximum atomic E-state index is 12.3. The number of benzene rings is 1. The number of hydrogen-bond acceptors (Lipinski definition) is 3. The van der Waals surface area contributed by atoms with Crippen LogP contribution in [0.15, 0.2) is 24.3 Å². The molecule has 1 amide bonds. The average molecular weight is 273 g/mol. The van der Waals surface area contributed by atoms with Crippen LogP contribution in [0, 0.1) is 0 Å². The summed E-state index contributed by atoms with van der Waals surface area (Å²) in [7, 11) is 1.50. The molecule has 1 rings (SSSR count). The summed E-state index contributed by atoms with van der Waals surface area (Å²) >= 11 is 0. The summed E-state index contributed by atoms with van der Waals surface area (Å²) in [5.74, 6) is -0.668. The van der Waals surface area contributed by atoms with Crippen LogP contribution >= 0.6 is 0 Å². The number of hydrogen-bond donors (Lipinski definition) is 1. The van der Waals surface area contributed by atoms with Crippen molar-refractivity contribution in [3.8, 4) is 5.75 Å². The third kappa shape index (κ3) is 3.64. The van der Waals surface area contributed by atoms with Crippen LogP contribution in [0.1, 0.15) is 24.2 Å². The molecule has 0 aliphatic rings. The van der Waals surface area contributed by atoms with Crippen LogP contribution < -0.4 is 4.74 Å². The molecule has 0 aliphatic heterocycles. The van der Waals surface area contributed by atoms with Crippen molar-refractivity contribution < 1.29 is 23.4 Å². The number of halogens is 2. The monoisotopic (exact) mass is 273 g/mol. The minimum Gasteiger partial charge on any atom is -0.434 e. The van der Waals surface area contributed by atoms with Crippen molar-refractivity contribution in [3.63, 3.8) is 0 Å². The van der Waals surface area contributed by atoms with Gasteiger partial charge in [0.2, 0.25) is 0 Å². The highest BCUT2D eigenvalue weighted by Crippen LogP contribution is 2.24. The van der Waals surface area contributed by atoms with E-state index >= 15 is 0 Å². The highest BCUT2D eigenvalue weighted by Gasteiger charge is 2.29. The molecule has 0 aromatic heterocycles. The fraction of sp³-hybridized carbons (Fsp3) is 0.462. The van der Waals surface area contributed by atoms with E-state index in [0.29, 0.717) is 0 Å². The molecule has 0 atom stereocenters. The summed E-state index contributed by atoms with van der Waals surface area (Å²) in [6, 6.07) is 5.78. The molecule has 6 heteroatoms. The Labute approximate surface area is 110 Å². The van der Waals surface area contributed by atoms with Gasteiger partial charge in [-0.2, -0.15) is 8.78 Å². The zero-order chi connectivity index (χ0) is 14.6. The van der Waals surface area contributed by atoms with Gasteiger partial charge in [-0.25, -0.2) is 0 Å². The van der Waals surface area contributed by atoms with Gasteiger partial charge in [0.15, 0.2) is 0 Å². The normalized spacial score (nSPS) is 11.5. The lowest BCUT2D eigenvalue weighted by Gasteiger charge is -2.34. The van der Waals surface area contributed by atoms with Crippen molar-refractivity contribution in [2.75, 3.05) is 13.7 Å². The molecule has 0 heterocycles. The van der Waals surface area contributed by atoms with Crippen LogP contribution in [0.5, 0.6) is 5.75 Å². The number of para-hydroxylation sites is 1. The van der Waals surface area contributed by atoms with Crippen LogP contribution in [0.25, 0.3) is 0 Å². The SMILES string of the molecule is CN(C(=O)c1ccccc1OC(F)F)C(C)(C)CO. The van der Waals surface area contributed by atoms with Gasteiger partial charge in [-0.05, 0) is 26.0 Å². The third-order valence-electron chi connectivity index (χ3n) is 2.93. The van der Waals surface area contributed by atoms with Crippen LogP contribution in [-0.4, -0.2) is 41.7 Å². The molecule has 19 heavy (non-hydrogen) atoms. The summed E-state index contributed by atoms with van der Waals surface area (Å²) in [6.07, 6.45) is 0. The van der Waals surface area contributed by atoms with E-state index in [1.165, 1.54) is 30.1 Å². The average Bonchev–Trinajstić information content (AvgIpc) is 2.37. The summed E-state index contributed by atoms with van der Waals surface area (Å²) < 4.78 is 28.9. The molecule has 0 radical (unpaired) electrons. The molecule has 0 saturated carbocycles. The van der Waals surface area contributed by atoms with Crippen molar-refractivity contribution in [2.45, 2.75) is 26.0 Å². The number of amides is 1. The molecule has 0 unspecified atom stereocenters. The smallest absolute Gasteiger partial charge is 0.387 e. The molecule has 1 aromatic carbocycles. The number of aliphatic hydroxyl groups excluding tert-OH is 1. The van der Waals surface area contributed by atoms with E-state index in [0.717, 1.165) is 0 Å². The molecule has 1 N–H and O–H groups in total. The topological polar surface area (TPSA) is 49.8 Å². The molecule has 1 aromatic rings. The Bertz CT molecular complexity index is 449. The van der Waals surface area contributed by atoms with Gasteiger partial charge in [0.1, 0.15) is 5.75 Å². The number of alkyl halides is 2. The predicted molar refractivity (Wildman–Crippen MR) is 66.3 cm³/mol. The molecule has 4 nitrogen and oxygen atoms in total. The second kappa shape index (κ2) is 5.97. The number of ether oxygens (including phenoxy) is 1. The molecule has 0 aliphatic carbocycles. The van der Waals surface area contributed by atoms with Gasteiger partial charge < -0.3 is 14.7 Å². The zero-order valence-corrected chi connectivity index (χ0v) is 11.1. The molecule has 106 valence electrons. The van der Waals surface area contributed by atoms with E-state index in [2.05, 4.69) is 4.74 Å². The maximum Gasteiger partial charge on any atom is 0.387 e. The Morgan fingerprint density at radius 1 is 1.42 bits per heavy atom. The lowest BCUT2D eigenvalue weighted by Crippen LogP contribution is -2.47. The molecular weight excluding hydrogens is 256 g/mol. The lowest BCUT2D eigenvalue weighted by molar-refractivity contribution is -0.0503. The first-order valence-electron chi connectivity index (χ1n) is 5.72. The van der Waals surface area contributed by atoms with Crippen LogP contribution in [0.2, 0.25) is 0 Å². The zero-order valence-electron chi connectivity index (χ0n) is 11.1. The van der Waals surface area contributed by atoms with Crippen molar-refractivity contribution >= 4 is 5.91 Å². The summed E-state index contributed by atoms with van der Waals surface area (Å²) in [6.45, 7) is 0.0981. The molecule has 0 spiro atoms. The van der Waals surface area contributed by atoms with E-state index in [-0.39, 0.29) is 17.9 Å². The number of rotatable bonds is 5. The minimum atomic E-state index is -3.00. The van der Waals surface area contributed by atoms with Crippen molar-refractivity contribution in [1.82, 2.24) is 4.90 Å². The van der Waals surface area contributed by atoms with Gasteiger partial charge in [0, 0.05) is 7.05 Å². The largest absolute Gasteiger partial charge is 0.434 e. The fourth-order valence-electron chi connectivity index (χ4n) is 1.40. The number of likely N-dealkylation sites (N-methyl/N-ethyl adjacent to an activating group) is 1. The quantitative estimate of drug-likeness (QED) is 0.894. The van der Waals surface area contributed by atoms with Gasteiger partial charge in [0.25, 0.3) is 5.91 Å². The number of carbonyl (C=O) groups is 1. The molecule has 0 bridgehead atoms. The Morgan fingerprint density at radius 2 is 2.00 bits per heavy atom. The number of nitrogens with zero attached hydrogens (tertiary/aromatic N) is 1. The Morgan fingerprint density at radius 3 is 2.53 bits per heavy atom. The minimum absolute atomic E-state index is 0.0341. The van der Waals surface area contributed by atoms with Crippen molar-refractivity contribution in [2.24, 2.45) is 0 Å². The third-order valence-corrected chi connectivity index (χ3v) is 2.93. The first kappa shape index (κ1) is 15.4. The second-order valence-corrected chi connectivity index (χ2v) is 4.71. The second-order valence-electron chi connectivity index (χ2n) is 4.71. The van der Waals surface area contributed by atoms with Crippen LogP contribution in [0.3, 0.4) is 0 Å². The van der Waals surface area contributed by atoms with E-state index in [1.807, 2.05) is 0 Å². The summed E-state index contributed by atoms with van der Waals surface area (Å²) in [5, 5.41) is 9.23. The Kier molecular flexibility index (Phi) is 4.83. The van der Waals surface area contributed by atoms with E-state index in [9.17, 15) is 18.7 Å². The van der Waals surface area contributed by atoms with Crippen molar-refractivity contribution in [3.05, 3.63) is 29.8 Å². The number of aliphatic hydroxyl groups is 1. The highest BCUT2D eigenvalue weighted by molar-refractivity contribution is 5.97. The van der Waals surface area contributed by atoms with E-state index < -0.39 is 18.1 Å².